The zero-order valence-corrected chi connectivity index (χ0v) is 16.9. The van der Waals surface area contributed by atoms with Crippen molar-refractivity contribution in [2.24, 2.45) is 0 Å². The van der Waals surface area contributed by atoms with Gasteiger partial charge in [-0.3, -0.25) is 0 Å². The molecule has 0 bridgehead atoms. The summed E-state index contributed by atoms with van der Waals surface area (Å²) in [4.78, 5) is 8.20. The van der Waals surface area contributed by atoms with E-state index in [0.29, 0.717) is 18.5 Å². The largest absolute Gasteiger partial charge is 0.506 e. The van der Waals surface area contributed by atoms with E-state index in [1.165, 1.54) is 18.5 Å². The Kier molecular flexibility index (Phi) is 4.52. The molecule has 1 atom stereocenters. The van der Waals surface area contributed by atoms with Crippen molar-refractivity contribution >= 4 is 28.5 Å². The fraction of sp³-hybridized carbons (Fsp3) is 0.190. The van der Waals surface area contributed by atoms with Crippen molar-refractivity contribution < 1.29 is 22.7 Å². The van der Waals surface area contributed by atoms with E-state index in [1.807, 2.05) is 0 Å². The van der Waals surface area contributed by atoms with Crippen LogP contribution in [-0.2, 0) is 19.0 Å². The number of phenolic OH excluding ortho intramolecular Hbond substituents is 1. The van der Waals surface area contributed by atoms with Gasteiger partial charge in [-0.1, -0.05) is 17.7 Å². The fourth-order valence-corrected chi connectivity index (χ4v) is 4.36. The molecule has 0 saturated carbocycles. The summed E-state index contributed by atoms with van der Waals surface area (Å²) in [7, 11) is 0. The molecule has 0 saturated heterocycles. The lowest BCUT2D eigenvalue weighted by Gasteiger charge is -2.12. The van der Waals surface area contributed by atoms with Crippen molar-refractivity contribution in [3.63, 3.8) is 0 Å². The number of nitrogens with two attached hydrogens (primary N) is 1. The normalized spacial score (nSPS) is 16.0. The van der Waals surface area contributed by atoms with Crippen LogP contribution < -0.4 is 5.73 Å². The van der Waals surface area contributed by atoms with E-state index >= 15 is 0 Å². The number of anilines is 1. The molecule has 2 aromatic carbocycles. The van der Waals surface area contributed by atoms with Crippen LogP contribution in [0.3, 0.4) is 0 Å². The van der Waals surface area contributed by atoms with Crippen LogP contribution in [0.2, 0.25) is 5.02 Å². The summed E-state index contributed by atoms with van der Waals surface area (Å²) >= 11 is 5.68. The van der Waals surface area contributed by atoms with Crippen LogP contribution in [0.5, 0.6) is 5.75 Å². The molecule has 4 aromatic rings. The number of alkyl halides is 3. The summed E-state index contributed by atoms with van der Waals surface area (Å²) in [5, 5.41) is 14.0. The molecule has 0 fully saturated rings. The van der Waals surface area contributed by atoms with Crippen molar-refractivity contribution in [2.75, 3.05) is 5.73 Å². The zero-order valence-electron chi connectivity index (χ0n) is 16.2. The predicted octanol–water partition coefficient (Wildman–Crippen LogP) is 4.93. The molecule has 164 valence electrons. The Morgan fingerprint density at radius 2 is 1.84 bits per heavy atom. The maximum Gasteiger partial charge on any atom is 0.418 e. The maximum atomic E-state index is 13.6. The summed E-state index contributed by atoms with van der Waals surface area (Å²) in [6.07, 6.45) is -2.55. The first-order valence-corrected chi connectivity index (χ1v) is 9.87. The van der Waals surface area contributed by atoms with E-state index in [1.54, 1.807) is 10.7 Å². The second-order valence-corrected chi connectivity index (χ2v) is 7.96. The Labute approximate surface area is 183 Å². The number of fused-ring (bicyclic) bond motifs is 2. The molecule has 11 heteroatoms. The molecule has 1 aliphatic rings. The van der Waals surface area contributed by atoms with Crippen LogP contribution in [-0.4, -0.2) is 24.9 Å². The van der Waals surface area contributed by atoms with Crippen LogP contribution in [0.15, 0.2) is 36.7 Å². The number of benzene rings is 2. The Bertz CT molecular complexity index is 1390. The smallest absolute Gasteiger partial charge is 0.418 e. The standard InChI is InChI=1S/C21H14ClF4N5O/c22-17-14(21(24,25)26)6-11(7-15(17)32)18-16-19(27)28-8-29-20(16)31(30-18)13-4-9-1-2-12(23)3-10(9)5-13/h1-3,6-8,13,32H,4-5H2,(H2,27,28,29). The number of phenols is 1. The minimum atomic E-state index is -4.79. The van der Waals surface area contributed by atoms with Gasteiger partial charge in [0.25, 0.3) is 0 Å². The quantitative estimate of drug-likeness (QED) is 0.411. The second kappa shape index (κ2) is 7.06. The van der Waals surface area contributed by atoms with Gasteiger partial charge in [-0.25, -0.2) is 19.0 Å². The van der Waals surface area contributed by atoms with E-state index in [9.17, 15) is 22.7 Å². The van der Waals surface area contributed by atoms with Gasteiger partial charge in [0.2, 0.25) is 0 Å². The number of aromatic nitrogens is 4. The Hall–Kier alpha value is -3.40. The number of hydrogen-bond acceptors (Lipinski definition) is 5. The molecule has 0 radical (unpaired) electrons. The minimum Gasteiger partial charge on any atom is -0.506 e. The Morgan fingerprint density at radius 3 is 2.59 bits per heavy atom. The third-order valence-electron chi connectivity index (χ3n) is 5.58. The highest BCUT2D eigenvalue weighted by atomic mass is 35.5. The average molecular weight is 464 g/mol. The lowest BCUT2D eigenvalue weighted by Crippen LogP contribution is -2.11. The second-order valence-electron chi connectivity index (χ2n) is 7.58. The van der Waals surface area contributed by atoms with Crippen molar-refractivity contribution in [3.05, 3.63) is 64.2 Å². The molecule has 32 heavy (non-hydrogen) atoms. The summed E-state index contributed by atoms with van der Waals surface area (Å²) in [5.41, 5.74) is 6.99. The predicted molar refractivity (Wildman–Crippen MR) is 110 cm³/mol. The number of nitrogen functional groups attached to an aromatic ring is 1. The van der Waals surface area contributed by atoms with Crippen LogP contribution in [0.1, 0.15) is 22.7 Å². The molecule has 1 unspecified atom stereocenters. The number of rotatable bonds is 2. The van der Waals surface area contributed by atoms with Gasteiger partial charge in [0.05, 0.1) is 22.0 Å². The molecule has 2 aromatic heterocycles. The van der Waals surface area contributed by atoms with E-state index in [0.717, 1.165) is 23.3 Å². The van der Waals surface area contributed by atoms with Gasteiger partial charge in [0.15, 0.2) is 5.65 Å². The SMILES string of the molecule is Nc1ncnc2c1c(-c1cc(O)c(Cl)c(C(F)(F)F)c1)nn2C1Cc2ccc(F)cc2C1. The maximum absolute atomic E-state index is 13.6. The molecule has 1 aliphatic carbocycles. The molecule has 0 amide bonds. The zero-order chi connectivity index (χ0) is 22.8. The minimum absolute atomic E-state index is 0.0285. The van der Waals surface area contributed by atoms with Gasteiger partial charge in [0.1, 0.15) is 29.4 Å². The first kappa shape index (κ1) is 20.5. The van der Waals surface area contributed by atoms with Crippen LogP contribution in [0, 0.1) is 5.82 Å². The fourth-order valence-electron chi connectivity index (χ4n) is 4.14. The van der Waals surface area contributed by atoms with E-state index < -0.39 is 22.5 Å². The Balaban J connectivity index is 1.69. The van der Waals surface area contributed by atoms with Crippen molar-refractivity contribution in [1.82, 2.24) is 19.7 Å². The molecule has 2 heterocycles. The van der Waals surface area contributed by atoms with Gasteiger partial charge >= 0.3 is 6.18 Å². The van der Waals surface area contributed by atoms with Gasteiger partial charge in [-0.2, -0.15) is 18.3 Å². The van der Waals surface area contributed by atoms with Crippen molar-refractivity contribution in [2.45, 2.75) is 25.1 Å². The van der Waals surface area contributed by atoms with Gasteiger partial charge in [0, 0.05) is 5.56 Å². The lowest BCUT2D eigenvalue weighted by molar-refractivity contribution is -0.137. The molecular formula is C21H14ClF4N5O. The van der Waals surface area contributed by atoms with Crippen molar-refractivity contribution in [1.29, 1.82) is 0 Å². The Morgan fingerprint density at radius 1 is 1.09 bits per heavy atom. The molecular weight excluding hydrogens is 450 g/mol. The van der Waals surface area contributed by atoms with Crippen LogP contribution in [0.25, 0.3) is 22.3 Å². The molecule has 6 nitrogen and oxygen atoms in total. The van der Waals surface area contributed by atoms with Crippen LogP contribution >= 0.6 is 11.6 Å². The van der Waals surface area contributed by atoms with E-state index in [4.69, 9.17) is 17.3 Å². The highest BCUT2D eigenvalue weighted by Gasteiger charge is 2.36. The van der Waals surface area contributed by atoms with Crippen LogP contribution in [0.4, 0.5) is 23.4 Å². The summed E-state index contributed by atoms with van der Waals surface area (Å²) < 4.78 is 55.6. The highest BCUT2D eigenvalue weighted by molar-refractivity contribution is 6.33. The van der Waals surface area contributed by atoms with E-state index in [2.05, 4.69) is 15.1 Å². The van der Waals surface area contributed by atoms with Gasteiger partial charge < -0.3 is 10.8 Å². The molecule has 0 spiro atoms. The van der Waals surface area contributed by atoms with E-state index in [-0.39, 0.29) is 34.3 Å². The number of halogens is 5. The third-order valence-corrected chi connectivity index (χ3v) is 5.97. The van der Waals surface area contributed by atoms with Crippen molar-refractivity contribution in [3.8, 4) is 17.0 Å². The molecule has 5 rings (SSSR count). The summed E-state index contributed by atoms with van der Waals surface area (Å²) in [5.74, 6) is -1.06. The third kappa shape index (κ3) is 3.22. The summed E-state index contributed by atoms with van der Waals surface area (Å²) in [6.45, 7) is 0. The number of nitrogens with zero attached hydrogens (tertiary/aromatic N) is 4. The molecule has 0 aliphatic heterocycles. The van der Waals surface area contributed by atoms with Gasteiger partial charge in [-0.05, 0) is 48.2 Å². The first-order valence-electron chi connectivity index (χ1n) is 9.49. The summed E-state index contributed by atoms with van der Waals surface area (Å²) in [6, 6.07) is 6.18. The average Bonchev–Trinajstić information content (AvgIpc) is 3.30. The lowest BCUT2D eigenvalue weighted by atomic mass is 10.0. The molecule has 3 N–H and O–H groups in total. The number of hydrogen-bond donors (Lipinski definition) is 2. The van der Waals surface area contributed by atoms with Gasteiger partial charge in [-0.15, -0.1) is 0 Å². The highest BCUT2D eigenvalue weighted by Crippen LogP contribution is 2.44. The first-order chi connectivity index (χ1) is 15.1. The topological polar surface area (TPSA) is 89.8 Å². The number of aromatic hydroxyl groups is 1. The monoisotopic (exact) mass is 463 g/mol.